The number of amides is 3. The van der Waals surface area contributed by atoms with Gasteiger partial charge in [-0.2, -0.15) is 0 Å². The lowest BCUT2D eigenvalue weighted by Crippen LogP contribution is -2.54. The molecule has 0 saturated heterocycles. The first-order chi connectivity index (χ1) is 18.0. The molecule has 0 aromatic heterocycles. The fraction of sp³-hybridized carbons (Fsp3) is 0.387. The minimum absolute atomic E-state index is 0.177. The van der Waals surface area contributed by atoms with Crippen LogP contribution < -0.4 is 10.6 Å². The Balaban J connectivity index is 1.94. The van der Waals surface area contributed by atoms with E-state index in [2.05, 4.69) is 10.6 Å². The zero-order chi connectivity index (χ0) is 27.9. The predicted octanol–water partition coefficient (Wildman–Crippen LogP) is 6.31. The Morgan fingerprint density at radius 1 is 0.895 bits per heavy atom. The van der Waals surface area contributed by atoms with Crippen molar-refractivity contribution >= 4 is 34.4 Å². The van der Waals surface area contributed by atoms with E-state index in [4.69, 9.17) is 4.74 Å². The number of rotatable bonds is 9. The van der Waals surface area contributed by atoms with Crippen molar-refractivity contribution < 1.29 is 19.1 Å². The topological polar surface area (TPSA) is 87.7 Å². The smallest absolute Gasteiger partial charge is 0.408 e. The summed E-state index contributed by atoms with van der Waals surface area (Å²) in [6.07, 6.45) is -0.00709. The van der Waals surface area contributed by atoms with Gasteiger partial charge in [-0.25, -0.2) is 4.79 Å². The lowest BCUT2D eigenvalue weighted by molar-refractivity contribution is -0.141. The van der Waals surface area contributed by atoms with Gasteiger partial charge in [0, 0.05) is 12.2 Å². The molecule has 7 nitrogen and oxygen atoms in total. The molecule has 7 heteroatoms. The Labute approximate surface area is 225 Å². The van der Waals surface area contributed by atoms with Gasteiger partial charge in [-0.15, -0.1) is 0 Å². The fourth-order valence-electron chi connectivity index (χ4n) is 4.35. The van der Waals surface area contributed by atoms with Gasteiger partial charge in [-0.1, -0.05) is 80.9 Å². The van der Waals surface area contributed by atoms with Gasteiger partial charge in [0.2, 0.25) is 5.91 Å². The molecule has 0 aliphatic rings. The molecule has 0 heterocycles. The summed E-state index contributed by atoms with van der Waals surface area (Å²) in [5.41, 5.74) is 0.619. The third kappa shape index (κ3) is 7.34. The van der Waals surface area contributed by atoms with Crippen LogP contribution in [0.4, 0.5) is 10.5 Å². The Bertz CT molecular complexity index is 1250. The molecule has 0 radical (unpaired) electrons. The van der Waals surface area contributed by atoms with Crippen molar-refractivity contribution in [2.45, 2.75) is 65.6 Å². The molecule has 3 amide bonds. The number of alkyl carbamates (subject to hydrolysis) is 1. The first-order valence-electron chi connectivity index (χ1n) is 13.2. The first-order valence-corrected chi connectivity index (χ1v) is 13.2. The van der Waals surface area contributed by atoms with Crippen molar-refractivity contribution in [2.75, 3.05) is 11.9 Å². The van der Waals surface area contributed by atoms with Crippen LogP contribution in [0.5, 0.6) is 0 Å². The number of benzene rings is 3. The third-order valence-electron chi connectivity index (χ3n) is 6.47. The van der Waals surface area contributed by atoms with Gasteiger partial charge in [-0.05, 0) is 62.1 Å². The molecule has 3 rings (SSSR count). The number of hydrogen-bond donors (Lipinski definition) is 2. The molecule has 3 atom stereocenters. The number of hydrogen-bond acceptors (Lipinski definition) is 4. The Morgan fingerprint density at radius 3 is 2.13 bits per heavy atom. The molecule has 202 valence electrons. The second-order valence-corrected chi connectivity index (χ2v) is 10.5. The summed E-state index contributed by atoms with van der Waals surface area (Å²) in [6.45, 7) is 11.3. The van der Waals surface area contributed by atoms with E-state index in [1.807, 2.05) is 93.6 Å². The quantitative estimate of drug-likeness (QED) is 0.348. The van der Waals surface area contributed by atoms with E-state index in [1.165, 1.54) is 4.90 Å². The van der Waals surface area contributed by atoms with E-state index < -0.39 is 23.8 Å². The molecule has 0 bridgehead atoms. The van der Waals surface area contributed by atoms with Crippen LogP contribution in [0.2, 0.25) is 0 Å². The van der Waals surface area contributed by atoms with E-state index >= 15 is 0 Å². The number of ether oxygens (including phenoxy) is 1. The van der Waals surface area contributed by atoms with Crippen molar-refractivity contribution in [2.24, 2.45) is 5.92 Å². The molecule has 0 aliphatic carbocycles. The van der Waals surface area contributed by atoms with Gasteiger partial charge in [0.25, 0.3) is 5.91 Å². The monoisotopic (exact) mass is 517 g/mol. The number of fused-ring (bicyclic) bond motifs is 1. The van der Waals surface area contributed by atoms with Gasteiger partial charge in [0.15, 0.2) is 0 Å². The van der Waals surface area contributed by atoms with Crippen molar-refractivity contribution in [1.29, 1.82) is 0 Å². The number of anilines is 1. The van der Waals surface area contributed by atoms with Gasteiger partial charge in [0.1, 0.15) is 17.7 Å². The van der Waals surface area contributed by atoms with Gasteiger partial charge in [-0.3, -0.25) is 9.59 Å². The standard InChI is InChI=1S/C31H39N3O4/c1-7-21(3)26(33-30(37)38-31(4,5)6)29(36)34(8-2)27(23-15-10-9-11-16-23)28(35)32-25-19-18-22-14-12-13-17-24(22)20-25/h9-21,26-27H,7-8H2,1-6H3,(H,32,35)(H,33,37). The molecule has 38 heavy (non-hydrogen) atoms. The van der Waals surface area contributed by atoms with Gasteiger partial charge < -0.3 is 20.3 Å². The molecule has 3 aromatic carbocycles. The molecule has 3 aromatic rings. The van der Waals surface area contributed by atoms with Crippen LogP contribution in [0.15, 0.2) is 72.8 Å². The van der Waals surface area contributed by atoms with Crippen LogP contribution in [-0.4, -0.2) is 41.0 Å². The van der Waals surface area contributed by atoms with Crippen LogP contribution in [0, 0.1) is 5.92 Å². The molecular weight excluding hydrogens is 478 g/mol. The van der Waals surface area contributed by atoms with E-state index in [-0.39, 0.29) is 24.3 Å². The molecule has 0 aliphatic heterocycles. The lowest BCUT2D eigenvalue weighted by atomic mass is 9.95. The normalized spacial score (nSPS) is 13.7. The van der Waals surface area contributed by atoms with Gasteiger partial charge >= 0.3 is 6.09 Å². The molecule has 0 spiro atoms. The van der Waals surface area contributed by atoms with Crippen molar-refractivity contribution in [1.82, 2.24) is 10.2 Å². The summed E-state index contributed by atoms with van der Waals surface area (Å²) in [5.74, 6) is -0.846. The summed E-state index contributed by atoms with van der Waals surface area (Å²) in [7, 11) is 0. The van der Waals surface area contributed by atoms with Gasteiger partial charge in [0.05, 0.1) is 0 Å². The molecule has 0 saturated carbocycles. The van der Waals surface area contributed by atoms with Crippen LogP contribution in [0.25, 0.3) is 10.8 Å². The number of carbonyl (C=O) groups is 3. The van der Waals surface area contributed by atoms with Crippen LogP contribution >= 0.6 is 0 Å². The van der Waals surface area contributed by atoms with E-state index in [9.17, 15) is 14.4 Å². The number of carbonyl (C=O) groups excluding carboxylic acids is 3. The summed E-state index contributed by atoms with van der Waals surface area (Å²) in [5, 5.41) is 7.85. The third-order valence-corrected chi connectivity index (χ3v) is 6.47. The summed E-state index contributed by atoms with van der Waals surface area (Å²) in [4.78, 5) is 42.0. The van der Waals surface area contributed by atoms with Crippen molar-refractivity contribution in [3.63, 3.8) is 0 Å². The van der Waals surface area contributed by atoms with Crippen molar-refractivity contribution in [3.05, 3.63) is 78.4 Å². The minimum atomic E-state index is -0.896. The fourth-order valence-corrected chi connectivity index (χ4v) is 4.35. The zero-order valence-electron chi connectivity index (χ0n) is 23.2. The maximum atomic E-state index is 14.0. The Hall–Kier alpha value is -3.87. The maximum absolute atomic E-state index is 14.0. The van der Waals surface area contributed by atoms with E-state index in [0.29, 0.717) is 17.7 Å². The number of nitrogens with one attached hydrogen (secondary N) is 2. The number of nitrogens with zero attached hydrogens (tertiary/aromatic N) is 1. The summed E-state index contributed by atoms with van der Waals surface area (Å²) >= 11 is 0. The van der Waals surface area contributed by atoms with Crippen LogP contribution in [0.1, 0.15) is 59.6 Å². The molecular formula is C31H39N3O4. The lowest BCUT2D eigenvalue weighted by Gasteiger charge is -2.35. The second-order valence-electron chi connectivity index (χ2n) is 10.5. The highest BCUT2D eigenvalue weighted by molar-refractivity contribution is 6.00. The first kappa shape index (κ1) is 28.7. The highest BCUT2D eigenvalue weighted by atomic mass is 16.6. The highest BCUT2D eigenvalue weighted by Gasteiger charge is 2.37. The van der Waals surface area contributed by atoms with E-state index in [0.717, 1.165) is 10.8 Å². The average molecular weight is 518 g/mol. The average Bonchev–Trinajstić information content (AvgIpc) is 2.88. The second kappa shape index (κ2) is 12.6. The SMILES string of the molecule is CCC(C)C(NC(=O)OC(C)(C)C)C(=O)N(CC)C(C(=O)Nc1ccc2ccccc2c1)c1ccccc1. The molecule has 0 fully saturated rings. The zero-order valence-corrected chi connectivity index (χ0v) is 23.2. The Kier molecular flexibility index (Phi) is 9.50. The number of likely N-dealkylation sites (N-methyl/N-ethyl adjacent to an activating group) is 1. The highest BCUT2D eigenvalue weighted by Crippen LogP contribution is 2.27. The summed E-state index contributed by atoms with van der Waals surface area (Å²) in [6, 6.07) is 21.1. The van der Waals surface area contributed by atoms with Crippen molar-refractivity contribution in [3.8, 4) is 0 Å². The largest absolute Gasteiger partial charge is 0.444 e. The Morgan fingerprint density at radius 2 is 1.53 bits per heavy atom. The predicted molar refractivity (Wildman–Crippen MR) is 152 cm³/mol. The maximum Gasteiger partial charge on any atom is 0.408 e. The molecule has 2 N–H and O–H groups in total. The van der Waals surface area contributed by atoms with E-state index in [1.54, 1.807) is 20.8 Å². The minimum Gasteiger partial charge on any atom is -0.444 e. The summed E-state index contributed by atoms with van der Waals surface area (Å²) < 4.78 is 5.43. The van der Waals surface area contributed by atoms with Crippen LogP contribution in [0.3, 0.4) is 0 Å². The van der Waals surface area contributed by atoms with Crippen LogP contribution in [-0.2, 0) is 14.3 Å². The molecule has 3 unspecified atom stereocenters.